The molecule has 0 aliphatic rings. The Hall–Kier alpha value is -1.14. The van der Waals surface area contributed by atoms with Crippen LogP contribution in [0.3, 0.4) is 0 Å². The number of hydrogen-bond donors (Lipinski definition) is 2. The topological polar surface area (TPSA) is 36.4 Å². The first kappa shape index (κ1) is 14.9. The van der Waals surface area contributed by atoms with Crippen LogP contribution in [0, 0.1) is 12.7 Å². The van der Waals surface area contributed by atoms with Crippen LogP contribution in [0.15, 0.2) is 33.2 Å². The molecular weight excluding hydrogens is 269 g/mol. The molecule has 0 atom stereocenters. The van der Waals surface area contributed by atoms with Gasteiger partial charge in [-0.2, -0.15) is 0 Å². The molecule has 3 nitrogen and oxygen atoms in total. The zero-order valence-corrected chi connectivity index (χ0v) is 12.2. The van der Waals surface area contributed by atoms with E-state index in [1.807, 2.05) is 18.6 Å². The summed E-state index contributed by atoms with van der Waals surface area (Å²) in [6.07, 6.45) is 1.92. The summed E-state index contributed by atoms with van der Waals surface area (Å²) in [4.78, 5) is 4.33. The van der Waals surface area contributed by atoms with Crippen LogP contribution in [0.5, 0.6) is 0 Å². The van der Waals surface area contributed by atoms with Crippen LogP contribution >= 0.6 is 23.7 Å². The average molecular weight is 285 g/mol. The van der Waals surface area contributed by atoms with Crippen molar-refractivity contribution in [2.24, 2.45) is 4.99 Å². The van der Waals surface area contributed by atoms with Gasteiger partial charge < -0.3 is 10.0 Å². The van der Waals surface area contributed by atoms with E-state index in [-0.39, 0.29) is 5.82 Å². The van der Waals surface area contributed by atoms with E-state index in [9.17, 15) is 4.39 Å². The Kier molecular flexibility index (Phi) is 6.07. The molecule has 0 amide bonds. The van der Waals surface area contributed by atoms with Crippen LogP contribution in [0.2, 0.25) is 0 Å². The second-order valence-electron chi connectivity index (χ2n) is 3.45. The monoisotopic (exact) mass is 285 g/mol. The smallest absolute Gasteiger partial charge is 0.141 e. The maximum atomic E-state index is 13.8. The number of rotatable bonds is 6. The summed E-state index contributed by atoms with van der Waals surface area (Å²) < 4.78 is 16.7. The number of aliphatic imine (C=N–C) groups is 1. The van der Waals surface area contributed by atoms with Crippen molar-refractivity contribution in [2.75, 3.05) is 18.6 Å². The Labute approximate surface area is 115 Å². The van der Waals surface area contributed by atoms with Crippen molar-refractivity contribution < 1.29 is 4.39 Å². The van der Waals surface area contributed by atoms with Crippen LogP contribution < -0.4 is 10.0 Å². The number of halogens is 1. The minimum Gasteiger partial charge on any atom is -0.388 e. The first-order chi connectivity index (χ1) is 8.62. The molecule has 0 aliphatic heterocycles. The van der Waals surface area contributed by atoms with Gasteiger partial charge in [0, 0.05) is 18.1 Å². The highest BCUT2D eigenvalue weighted by atomic mass is 32.2. The number of nitrogens with zero attached hydrogens (tertiary/aromatic N) is 1. The molecule has 2 N–H and O–H groups in total. The van der Waals surface area contributed by atoms with E-state index in [1.54, 1.807) is 13.1 Å². The van der Waals surface area contributed by atoms with Crippen molar-refractivity contribution in [3.8, 4) is 0 Å². The second-order valence-corrected chi connectivity index (χ2v) is 5.00. The van der Waals surface area contributed by atoms with Gasteiger partial charge in [0.05, 0.1) is 4.90 Å². The van der Waals surface area contributed by atoms with Gasteiger partial charge in [0.25, 0.3) is 0 Å². The molecule has 1 rings (SSSR count). The summed E-state index contributed by atoms with van der Waals surface area (Å²) in [6.45, 7) is 5.38. The first-order valence-corrected chi connectivity index (χ1v) is 7.33. The Morgan fingerprint density at radius 2 is 2.22 bits per heavy atom. The predicted octanol–water partition coefficient (Wildman–Crippen LogP) is 3.64. The Balaban J connectivity index is 2.82. The van der Waals surface area contributed by atoms with E-state index in [1.165, 1.54) is 29.8 Å². The molecule has 0 radical (unpaired) electrons. The van der Waals surface area contributed by atoms with Crippen molar-refractivity contribution in [3.05, 3.63) is 34.7 Å². The molecule has 0 saturated heterocycles. The standard InChI is InChI=1S/C12H16FN3S2/c1-8-5-11(9(13)6-10(8)14-2)18-16-12(15-3)7-17-4/h5-7,14,16H,3H2,1-2,4H3/b12-7+. The summed E-state index contributed by atoms with van der Waals surface area (Å²) in [5.74, 6) is 0.345. The lowest BCUT2D eigenvalue weighted by molar-refractivity contribution is 0.601. The van der Waals surface area contributed by atoms with Gasteiger partial charge in [-0.25, -0.2) is 9.38 Å². The van der Waals surface area contributed by atoms with E-state index in [0.717, 1.165) is 11.3 Å². The van der Waals surface area contributed by atoms with E-state index >= 15 is 0 Å². The molecule has 98 valence electrons. The fourth-order valence-electron chi connectivity index (χ4n) is 1.32. The average Bonchev–Trinajstić information content (AvgIpc) is 2.37. The van der Waals surface area contributed by atoms with E-state index < -0.39 is 0 Å². The van der Waals surface area contributed by atoms with E-state index in [0.29, 0.717) is 10.7 Å². The van der Waals surface area contributed by atoms with Crippen molar-refractivity contribution in [2.45, 2.75) is 11.8 Å². The molecule has 18 heavy (non-hydrogen) atoms. The number of anilines is 1. The number of nitrogens with one attached hydrogen (secondary N) is 2. The van der Waals surface area contributed by atoms with Gasteiger partial charge >= 0.3 is 0 Å². The Bertz CT molecular complexity index is 461. The molecule has 0 saturated carbocycles. The molecule has 0 unspecified atom stereocenters. The van der Waals surface area contributed by atoms with Crippen LogP contribution in [0.25, 0.3) is 0 Å². The first-order valence-electron chi connectivity index (χ1n) is 5.22. The Morgan fingerprint density at radius 3 is 2.78 bits per heavy atom. The van der Waals surface area contributed by atoms with Gasteiger partial charge in [0.2, 0.25) is 0 Å². The summed E-state index contributed by atoms with van der Waals surface area (Å²) in [7, 11) is 1.77. The fraction of sp³-hybridized carbons (Fsp3) is 0.250. The van der Waals surface area contributed by atoms with Crippen LogP contribution in [0.1, 0.15) is 5.56 Å². The molecule has 0 spiro atoms. The third-order valence-electron chi connectivity index (χ3n) is 2.21. The number of benzene rings is 1. The van der Waals surface area contributed by atoms with Gasteiger partial charge in [-0.15, -0.1) is 11.8 Å². The predicted molar refractivity (Wildman–Crippen MR) is 80.8 cm³/mol. The molecular formula is C12H16FN3S2. The lowest BCUT2D eigenvalue weighted by Crippen LogP contribution is -2.02. The molecule has 6 heteroatoms. The van der Waals surface area contributed by atoms with Gasteiger partial charge in [-0.3, -0.25) is 0 Å². The van der Waals surface area contributed by atoms with Gasteiger partial charge in [0.15, 0.2) is 0 Å². The molecule has 0 aromatic heterocycles. The largest absolute Gasteiger partial charge is 0.388 e. The lowest BCUT2D eigenvalue weighted by atomic mass is 10.2. The molecule has 0 fully saturated rings. The number of thioether (sulfide) groups is 1. The lowest BCUT2D eigenvalue weighted by Gasteiger charge is -2.10. The maximum absolute atomic E-state index is 13.8. The van der Waals surface area contributed by atoms with E-state index in [2.05, 4.69) is 21.7 Å². The second kappa shape index (κ2) is 7.33. The normalized spacial score (nSPS) is 11.2. The maximum Gasteiger partial charge on any atom is 0.141 e. The zero-order chi connectivity index (χ0) is 13.5. The van der Waals surface area contributed by atoms with Gasteiger partial charge in [0.1, 0.15) is 11.6 Å². The third-order valence-corrected chi connectivity index (χ3v) is 3.52. The molecule has 1 aromatic carbocycles. The fourth-order valence-corrected chi connectivity index (χ4v) is 2.48. The quantitative estimate of drug-likeness (QED) is 0.618. The third kappa shape index (κ3) is 3.96. The Morgan fingerprint density at radius 1 is 1.50 bits per heavy atom. The summed E-state index contributed by atoms with van der Waals surface area (Å²) in [5.41, 5.74) is 1.78. The van der Waals surface area contributed by atoms with Gasteiger partial charge in [-0.05, 0) is 49.5 Å². The SMILES string of the molecule is C=N/C(=C\SC)NSc1cc(C)c(NC)cc1F. The number of hydrogen-bond acceptors (Lipinski definition) is 5. The highest BCUT2D eigenvalue weighted by Crippen LogP contribution is 2.26. The van der Waals surface area contributed by atoms with Crippen LogP contribution in [0.4, 0.5) is 10.1 Å². The highest BCUT2D eigenvalue weighted by Gasteiger charge is 2.07. The van der Waals surface area contributed by atoms with Crippen LogP contribution in [-0.4, -0.2) is 20.0 Å². The minimum absolute atomic E-state index is 0.269. The van der Waals surface area contributed by atoms with Crippen molar-refractivity contribution in [1.29, 1.82) is 0 Å². The number of aryl methyl sites for hydroxylation is 1. The highest BCUT2D eigenvalue weighted by molar-refractivity contribution is 8.01. The summed E-state index contributed by atoms with van der Waals surface area (Å²) in [6, 6.07) is 3.28. The zero-order valence-electron chi connectivity index (χ0n) is 10.6. The molecule has 0 bridgehead atoms. The van der Waals surface area contributed by atoms with E-state index in [4.69, 9.17) is 0 Å². The van der Waals surface area contributed by atoms with Gasteiger partial charge in [-0.1, -0.05) is 0 Å². The van der Waals surface area contributed by atoms with Crippen LogP contribution in [-0.2, 0) is 0 Å². The molecule has 0 aliphatic carbocycles. The van der Waals surface area contributed by atoms with Crippen molar-refractivity contribution in [1.82, 2.24) is 4.72 Å². The molecule has 0 heterocycles. The van der Waals surface area contributed by atoms with Crippen molar-refractivity contribution >= 4 is 36.1 Å². The minimum atomic E-state index is -0.269. The van der Waals surface area contributed by atoms with Crippen molar-refractivity contribution in [3.63, 3.8) is 0 Å². The molecule has 1 aromatic rings. The summed E-state index contributed by atoms with van der Waals surface area (Å²) in [5, 5.41) is 4.76. The summed E-state index contributed by atoms with van der Waals surface area (Å²) >= 11 is 2.69.